The van der Waals surface area contributed by atoms with Gasteiger partial charge in [-0.05, 0) is 97.1 Å². The number of anilines is 13. The zero-order valence-electron chi connectivity index (χ0n) is 58.6. The van der Waals surface area contributed by atoms with E-state index in [0.29, 0.717) is 36.4 Å². The van der Waals surface area contributed by atoms with Crippen LogP contribution >= 0.6 is 23.2 Å². The van der Waals surface area contributed by atoms with Gasteiger partial charge in [0.25, 0.3) is 0 Å². The van der Waals surface area contributed by atoms with Crippen LogP contribution in [0.1, 0.15) is 0 Å². The Kier molecular flexibility index (Phi) is 29.0. The van der Waals surface area contributed by atoms with Crippen molar-refractivity contribution in [1.29, 1.82) is 0 Å². The topological polar surface area (TPSA) is 760 Å². The van der Waals surface area contributed by atoms with Crippen LogP contribution < -0.4 is 134 Å². The molecule has 0 spiro atoms. The van der Waals surface area contributed by atoms with Gasteiger partial charge in [-0.3, -0.25) is 14.1 Å². The normalized spacial score (nSPS) is 13.1. The molecule has 0 radical (unpaired) electrons. The van der Waals surface area contributed by atoms with E-state index in [-0.39, 0.29) is 110 Å². The van der Waals surface area contributed by atoms with E-state index in [2.05, 4.69) is 90.8 Å². The standard InChI is InChI=1S/C56H50Cl2N16O32S10.K.Na/c57-41-44-48(106-46-34(66-44)10-12-36(50(46)114(94,95)96)60-16-18-62-52-70-54(64-28-4-2-6-30(24-28)108(77,78)22-20-104-116(100,101)102)74-56(72-52)68-38-26-32(110(82,83)84)8-14-40(38)112(88,89)90)42(58)43-47(41)105-45-33(65-43)9-11-35(49(45)113(91,92)93)59-15-17-61-51-69-53(63-27-3-1-5-29(23-27)107(75,76)21-19-103-115(97,98)99)73-55(71-51)67-37-25-31(109(79,80)81)7-13-39(37)111(85,86)87;;/h1-14,23-26,59,65H,15-22H2,(H,79,80,81)(H,82,83,84)(H,85,86,87)(H,88,89,90)(H,91,92,93)(H,94,95,96)(H,97,98,99)(H,100,101,102)(H3,61,63,67,69,71,73)(H3,62,64,68,70,72,74);;/q;2*+1/p-6. The van der Waals surface area contributed by atoms with Crippen LogP contribution in [-0.2, 0) is 110 Å². The smallest absolute Gasteiger partial charge is 0.744 e. The van der Waals surface area contributed by atoms with Crippen molar-refractivity contribution in [3.8, 4) is 23.0 Å². The molecule has 62 heteroatoms. The fourth-order valence-electron chi connectivity index (χ4n) is 10.3. The first-order valence-corrected chi connectivity index (χ1v) is 46.2. The molecular formula is C56H44Cl2KN16NaO32S10-4. The Bertz CT molecular complexity index is 7010. The van der Waals surface area contributed by atoms with Gasteiger partial charge in [-0.15, -0.1) is 0 Å². The minimum atomic E-state index is -5.67. The van der Waals surface area contributed by atoms with Gasteiger partial charge in [0.15, 0.2) is 42.5 Å². The first kappa shape index (κ1) is 94.3. The summed E-state index contributed by atoms with van der Waals surface area (Å²) in [6.07, 6.45) is 0. The van der Waals surface area contributed by atoms with Crippen molar-refractivity contribution < 1.29 is 219 Å². The predicted octanol–water partition coefficient (Wildman–Crippen LogP) is -3.41. The number of ether oxygens (including phenoxy) is 1. The molecule has 11 rings (SSSR count). The third kappa shape index (κ3) is 23.6. The fraction of sp³-hybridized carbons (Fsp3) is 0.143. The molecule has 0 fully saturated rings. The summed E-state index contributed by atoms with van der Waals surface area (Å²) in [5.74, 6) is -7.43. The Hall–Kier alpha value is -7.52. The maximum Gasteiger partial charge on any atom is 1.00 e. The van der Waals surface area contributed by atoms with Crippen LogP contribution in [0.4, 0.5) is 75.5 Å². The summed E-state index contributed by atoms with van der Waals surface area (Å²) >= 11 is 13.8. The molecule has 48 nitrogen and oxygen atoms in total. The molecule has 0 amide bonds. The molecule has 8 aromatic rings. The molecule has 620 valence electrons. The van der Waals surface area contributed by atoms with Gasteiger partial charge < -0.3 is 79.0 Å². The van der Waals surface area contributed by atoms with E-state index in [1.54, 1.807) is 0 Å². The molecule has 10 N–H and O–H groups in total. The van der Waals surface area contributed by atoms with Crippen molar-refractivity contribution in [1.82, 2.24) is 34.9 Å². The number of nitrogens with zero attached hydrogens (tertiary/aromatic N) is 8. The van der Waals surface area contributed by atoms with Crippen LogP contribution in [0.15, 0.2) is 158 Å². The SMILES string of the molecule is O=S(=O)(O)OCCS(=O)(=O)c1cccc(Nc2nc(NCCN=c3ccc4nc5c(Cl)c6c(c(Cl)c5oc-4c3S(=O)(=O)[O-])Nc3ccc(NCCNc4nc(Nc5cccc(S(=O)(=O)CCOS(=O)(=O)O)c5)nc(Nc5cc(S(=O)(=O)[O-])ccc5S(=O)(=O)[O-])n4)c(S(=O)(=O)[O-])c3O6)nc(Nc3cc(S(=O)(=O)[O-])ccc3S(=O)(=O)[O-])n2)c1.[K+].[Na+]. The maximum absolute atomic E-state index is 13.3. The van der Waals surface area contributed by atoms with Crippen LogP contribution in [0.3, 0.4) is 0 Å². The average Bonchev–Trinajstić information content (AvgIpc) is 0.721. The Morgan fingerprint density at radius 2 is 0.898 bits per heavy atom. The summed E-state index contributed by atoms with van der Waals surface area (Å²) in [5, 5.41) is 19.1. The van der Waals surface area contributed by atoms with Gasteiger partial charge in [-0.2, -0.15) is 46.7 Å². The summed E-state index contributed by atoms with van der Waals surface area (Å²) in [6, 6.07) is 16.4. The number of rotatable bonds is 33. The number of aromatic nitrogens is 7. The average molecular weight is 1910 g/mol. The van der Waals surface area contributed by atoms with E-state index in [9.17, 15) is 111 Å². The van der Waals surface area contributed by atoms with Gasteiger partial charge in [0.2, 0.25) is 35.7 Å². The van der Waals surface area contributed by atoms with Gasteiger partial charge in [0, 0.05) is 31.0 Å². The Balaban J connectivity index is 0.00000794. The second-order valence-electron chi connectivity index (χ2n) is 23.0. The fourth-order valence-corrected chi connectivity index (χ4v) is 17.7. The molecule has 0 saturated heterocycles. The molecule has 2 aromatic heterocycles. The molecule has 0 bridgehead atoms. The minimum Gasteiger partial charge on any atom is -0.744 e. The summed E-state index contributed by atoms with van der Waals surface area (Å²) in [4.78, 5) is 25.8. The van der Waals surface area contributed by atoms with Crippen LogP contribution in [-0.4, -0.2) is 206 Å². The van der Waals surface area contributed by atoms with Crippen LogP contribution in [0.25, 0.3) is 22.6 Å². The third-order valence-electron chi connectivity index (χ3n) is 15.1. The number of sulfone groups is 2. The zero-order chi connectivity index (χ0) is 84.8. The Labute approximate surface area is 741 Å². The Morgan fingerprint density at radius 1 is 0.449 bits per heavy atom. The molecule has 2 aliphatic heterocycles. The monoisotopic (exact) mass is 1900 g/mol. The second-order valence-corrected chi connectivity index (χ2v) is 38.3. The molecule has 118 heavy (non-hydrogen) atoms. The van der Waals surface area contributed by atoms with Crippen molar-refractivity contribution in [2.75, 3.05) is 93.4 Å². The van der Waals surface area contributed by atoms with Gasteiger partial charge in [-0.25, -0.2) is 80.7 Å². The predicted molar refractivity (Wildman–Crippen MR) is 392 cm³/mol. The molecule has 6 aromatic carbocycles. The van der Waals surface area contributed by atoms with Crippen LogP contribution in [0, 0.1) is 0 Å². The summed E-state index contributed by atoms with van der Waals surface area (Å²) < 4.78 is 360. The number of fused-ring (bicyclic) bond motifs is 4. The summed E-state index contributed by atoms with van der Waals surface area (Å²) in [5.41, 5.74) is -4.41. The van der Waals surface area contributed by atoms with Crippen LogP contribution in [0.5, 0.6) is 11.5 Å². The van der Waals surface area contributed by atoms with E-state index < -0.39 is 287 Å². The van der Waals surface area contributed by atoms with Gasteiger partial charge in [-0.1, -0.05) is 35.3 Å². The van der Waals surface area contributed by atoms with Gasteiger partial charge in [0.1, 0.15) is 97.4 Å². The second kappa shape index (κ2) is 36.3. The maximum atomic E-state index is 13.3. The first-order chi connectivity index (χ1) is 53.8. The van der Waals surface area contributed by atoms with Crippen LogP contribution in [0.2, 0.25) is 10.0 Å². The quantitative estimate of drug-likeness (QED) is 0.00829. The molecular weight excluding hydrogens is 1860 g/mol. The molecule has 0 atom stereocenters. The minimum absolute atomic E-state index is 0. The number of halogens is 2. The molecule has 1 aliphatic carbocycles. The molecule has 0 unspecified atom stereocenters. The van der Waals surface area contributed by atoms with Gasteiger partial charge >= 0.3 is 102 Å². The number of benzene rings is 7. The van der Waals surface area contributed by atoms with E-state index in [0.717, 1.165) is 42.5 Å². The van der Waals surface area contributed by atoms with Crippen molar-refractivity contribution >= 4 is 211 Å². The van der Waals surface area contributed by atoms with E-state index >= 15 is 0 Å². The Morgan fingerprint density at radius 3 is 1.35 bits per heavy atom. The number of nitrogens with one attached hydrogen (secondary N) is 8. The van der Waals surface area contributed by atoms with Crippen molar-refractivity contribution in [2.45, 2.75) is 39.2 Å². The van der Waals surface area contributed by atoms with E-state index in [1.165, 1.54) is 30.3 Å². The third-order valence-corrected chi connectivity index (χ3v) is 25.3. The first-order valence-electron chi connectivity index (χ1n) is 30.9. The summed E-state index contributed by atoms with van der Waals surface area (Å²) in [7, 11) is -51.6. The van der Waals surface area contributed by atoms with Crippen molar-refractivity contribution in [3.63, 3.8) is 0 Å². The zero-order valence-corrected chi connectivity index (χ0v) is 73.4. The number of hydrogen-bond acceptors (Lipinski definition) is 46. The van der Waals surface area contributed by atoms with E-state index in [1.807, 2.05) is 0 Å². The van der Waals surface area contributed by atoms with Gasteiger partial charge in [0.05, 0.1) is 88.7 Å². The molecule has 3 aliphatic rings. The van der Waals surface area contributed by atoms with E-state index in [4.69, 9.17) is 41.5 Å². The number of hydrogen-bond donors (Lipinski definition) is 10. The molecule has 4 heterocycles. The molecule has 0 saturated carbocycles. The van der Waals surface area contributed by atoms with Crippen molar-refractivity contribution in [3.05, 3.63) is 125 Å². The summed E-state index contributed by atoms with van der Waals surface area (Å²) in [6.45, 7) is -3.76. The van der Waals surface area contributed by atoms with Crippen molar-refractivity contribution in [2.24, 2.45) is 4.99 Å². The largest absolute Gasteiger partial charge is 1.00 e.